The minimum absolute atomic E-state index is 0.0269. The lowest BCUT2D eigenvalue weighted by Crippen LogP contribution is -2.34. The first-order valence-electron chi connectivity index (χ1n) is 13.2. The zero-order chi connectivity index (χ0) is 28.9. The highest BCUT2D eigenvalue weighted by Crippen LogP contribution is 2.18. The highest BCUT2D eigenvalue weighted by atomic mass is 35.5. The molecule has 0 aliphatic rings. The van der Waals surface area contributed by atoms with Crippen molar-refractivity contribution in [1.82, 2.24) is 25.5 Å². The minimum atomic E-state index is -0.456. The van der Waals surface area contributed by atoms with Gasteiger partial charge in [0.05, 0.1) is 5.56 Å². The van der Waals surface area contributed by atoms with E-state index in [9.17, 15) is 9.59 Å². The van der Waals surface area contributed by atoms with E-state index in [4.69, 9.17) is 28.5 Å². The second-order valence-electron chi connectivity index (χ2n) is 9.49. The lowest BCUT2D eigenvalue weighted by atomic mass is 10.1. The first-order chi connectivity index (χ1) is 19.2. The van der Waals surface area contributed by atoms with E-state index >= 15 is 0 Å². The van der Waals surface area contributed by atoms with Crippen molar-refractivity contribution in [2.75, 3.05) is 38.0 Å². The number of nitrogens with zero attached hydrogens (tertiary/aromatic N) is 2. The maximum Gasteiger partial charge on any atom is 0.321 e. The van der Waals surface area contributed by atoms with Crippen LogP contribution in [-0.2, 0) is 13.0 Å². The van der Waals surface area contributed by atoms with Crippen molar-refractivity contribution in [3.63, 3.8) is 0 Å². The van der Waals surface area contributed by atoms with Crippen LogP contribution in [0.3, 0.4) is 0 Å². The van der Waals surface area contributed by atoms with Gasteiger partial charge in [0.1, 0.15) is 0 Å². The van der Waals surface area contributed by atoms with Gasteiger partial charge in [0.2, 0.25) is 5.95 Å². The molecule has 1 heterocycles. The molecule has 2 aromatic carbocycles. The number of benzene rings is 2. The maximum absolute atomic E-state index is 12.7. The Balaban J connectivity index is 1.53. The number of halogens is 1. The zero-order valence-corrected chi connectivity index (χ0v) is 23.5. The van der Waals surface area contributed by atoms with Crippen molar-refractivity contribution in [2.45, 2.75) is 32.7 Å². The molecule has 0 saturated carbocycles. The summed E-state index contributed by atoms with van der Waals surface area (Å²) in [5.74, 6) is 0.0426. The van der Waals surface area contributed by atoms with Gasteiger partial charge in [-0.3, -0.25) is 20.4 Å². The standard InChI is InChI=1S/C28H38ClN9O2/c1-19-16-20(6-9-24(19)29)10-13-34-28(40)37-27-35-17-23(25(39)36-27)22-7-4-21(5-8-22)18-38(14-2-11-30)15-3-12-33-26(31)32/h4-9,16-17H,2-3,10-15,18,30H2,1H3,(H4,31,32,33)(H3,34,35,36,37,39,40). The van der Waals surface area contributed by atoms with Crippen LogP contribution < -0.4 is 33.0 Å². The van der Waals surface area contributed by atoms with Crippen molar-refractivity contribution in [2.24, 2.45) is 11.5 Å². The molecule has 0 aliphatic carbocycles. The Kier molecular flexibility index (Phi) is 11.9. The summed E-state index contributed by atoms with van der Waals surface area (Å²) < 4.78 is 0. The van der Waals surface area contributed by atoms with Gasteiger partial charge in [-0.05, 0) is 67.6 Å². The van der Waals surface area contributed by atoms with Gasteiger partial charge in [0.15, 0.2) is 5.96 Å². The number of urea groups is 1. The van der Waals surface area contributed by atoms with Crippen LogP contribution >= 0.6 is 11.6 Å². The van der Waals surface area contributed by atoms with Gasteiger partial charge in [-0.1, -0.05) is 48.0 Å². The molecule has 1 aromatic heterocycles. The van der Waals surface area contributed by atoms with Crippen LogP contribution in [0.5, 0.6) is 0 Å². The molecule has 0 unspecified atom stereocenters. The summed E-state index contributed by atoms with van der Waals surface area (Å²) in [5.41, 5.74) is 14.9. The fraction of sp³-hybridized carbons (Fsp3) is 0.357. The van der Waals surface area contributed by atoms with Crippen molar-refractivity contribution in [1.29, 1.82) is 5.41 Å². The van der Waals surface area contributed by atoms with Gasteiger partial charge < -0.3 is 27.1 Å². The number of aryl methyl sites for hydroxylation is 1. The van der Waals surface area contributed by atoms with Gasteiger partial charge in [-0.15, -0.1) is 0 Å². The number of amides is 2. The molecular formula is C28H38ClN9O2. The monoisotopic (exact) mass is 567 g/mol. The number of rotatable bonds is 14. The molecule has 9 N–H and O–H groups in total. The number of guanidine groups is 1. The summed E-state index contributed by atoms with van der Waals surface area (Å²) in [5, 5.41) is 16.1. The predicted octanol–water partition coefficient (Wildman–Crippen LogP) is 2.79. The smallest absolute Gasteiger partial charge is 0.321 e. The Hall–Kier alpha value is -3.93. The van der Waals surface area contributed by atoms with Crippen LogP contribution in [0.1, 0.15) is 29.5 Å². The predicted molar refractivity (Wildman–Crippen MR) is 161 cm³/mol. The van der Waals surface area contributed by atoms with Crippen molar-refractivity contribution < 1.29 is 4.79 Å². The van der Waals surface area contributed by atoms with Gasteiger partial charge in [-0.25, -0.2) is 4.79 Å². The summed E-state index contributed by atoms with van der Waals surface area (Å²) in [6, 6.07) is 13.0. The fourth-order valence-corrected chi connectivity index (χ4v) is 4.28. The number of aromatic amines is 1. The summed E-state index contributed by atoms with van der Waals surface area (Å²) >= 11 is 6.05. The zero-order valence-electron chi connectivity index (χ0n) is 22.7. The van der Waals surface area contributed by atoms with Crippen LogP contribution in [0, 0.1) is 12.3 Å². The molecule has 0 fully saturated rings. The number of hydrogen-bond donors (Lipinski definition) is 7. The van der Waals surface area contributed by atoms with E-state index < -0.39 is 11.6 Å². The Labute approximate surface area is 239 Å². The van der Waals surface area contributed by atoms with Gasteiger partial charge in [0.25, 0.3) is 5.56 Å². The second kappa shape index (κ2) is 15.6. The number of hydrogen-bond acceptors (Lipinski definition) is 6. The lowest BCUT2D eigenvalue weighted by Gasteiger charge is -2.22. The first kappa shape index (κ1) is 30.6. The molecule has 0 radical (unpaired) electrons. The van der Waals surface area contributed by atoms with Crippen LogP contribution in [-0.4, -0.2) is 59.6 Å². The van der Waals surface area contributed by atoms with Gasteiger partial charge in [0, 0.05) is 37.4 Å². The average Bonchev–Trinajstić information content (AvgIpc) is 2.92. The van der Waals surface area contributed by atoms with Crippen molar-refractivity contribution >= 4 is 29.5 Å². The molecule has 214 valence electrons. The molecule has 0 atom stereocenters. The van der Waals surface area contributed by atoms with E-state index in [-0.39, 0.29) is 11.9 Å². The number of H-pyrrole nitrogens is 1. The fourth-order valence-electron chi connectivity index (χ4n) is 4.16. The van der Waals surface area contributed by atoms with E-state index in [1.165, 1.54) is 0 Å². The van der Waals surface area contributed by atoms with Crippen LogP contribution in [0.25, 0.3) is 11.1 Å². The molecule has 2 amide bonds. The summed E-state index contributed by atoms with van der Waals surface area (Å²) in [6.45, 7) is 6.06. The number of nitrogens with one attached hydrogen (secondary N) is 5. The largest absolute Gasteiger partial charge is 0.370 e. The molecule has 12 heteroatoms. The van der Waals surface area contributed by atoms with E-state index in [0.29, 0.717) is 36.6 Å². The summed E-state index contributed by atoms with van der Waals surface area (Å²) in [4.78, 5) is 34.1. The van der Waals surface area contributed by atoms with Gasteiger partial charge >= 0.3 is 6.03 Å². The SMILES string of the molecule is Cc1cc(CCNC(=O)Nc2nc(=O)c(-c3ccc(CN(CCCN)CCCNC(=N)N)cc3)c[nH]2)ccc1Cl. The van der Waals surface area contributed by atoms with Crippen LogP contribution in [0.15, 0.2) is 53.5 Å². The van der Waals surface area contributed by atoms with Crippen LogP contribution in [0.2, 0.25) is 5.02 Å². The van der Waals surface area contributed by atoms with E-state index in [1.54, 1.807) is 6.20 Å². The van der Waals surface area contributed by atoms with E-state index in [1.807, 2.05) is 49.4 Å². The van der Waals surface area contributed by atoms with Crippen LogP contribution in [0.4, 0.5) is 10.7 Å². The minimum Gasteiger partial charge on any atom is -0.370 e. The van der Waals surface area contributed by atoms with Crippen molar-refractivity contribution in [3.05, 3.63) is 80.7 Å². The maximum atomic E-state index is 12.7. The quantitative estimate of drug-likeness (QED) is 0.0888. The number of aromatic nitrogens is 2. The third-order valence-electron chi connectivity index (χ3n) is 6.27. The summed E-state index contributed by atoms with van der Waals surface area (Å²) in [6.07, 6.45) is 3.93. The van der Waals surface area contributed by atoms with Crippen molar-refractivity contribution in [3.8, 4) is 11.1 Å². The highest BCUT2D eigenvalue weighted by Gasteiger charge is 2.10. The summed E-state index contributed by atoms with van der Waals surface area (Å²) in [7, 11) is 0. The Bertz CT molecular complexity index is 1330. The molecular weight excluding hydrogens is 530 g/mol. The van der Waals surface area contributed by atoms with Gasteiger partial charge in [-0.2, -0.15) is 4.98 Å². The third kappa shape index (κ3) is 9.99. The molecule has 40 heavy (non-hydrogen) atoms. The molecule has 0 aliphatic heterocycles. The number of anilines is 1. The number of carbonyl (C=O) groups excluding carboxylic acids is 1. The Morgan fingerprint density at radius 3 is 2.48 bits per heavy atom. The third-order valence-corrected chi connectivity index (χ3v) is 6.69. The Morgan fingerprint density at radius 2 is 1.80 bits per heavy atom. The number of nitrogens with two attached hydrogens (primary N) is 2. The van der Waals surface area contributed by atoms with E-state index in [2.05, 4.69) is 30.8 Å². The molecule has 11 nitrogen and oxygen atoms in total. The molecule has 0 saturated heterocycles. The molecule has 3 rings (SSSR count). The molecule has 0 spiro atoms. The lowest BCUT2D eigenvalue weighted by molar-refractivity contribution is 0.252. The normalized spacial score (nSPS) is 10.9. The average molecular weight is 568 g/mol. The van der Waals surface area contributed by atoms with E-state index in [0.717, 1.165) is 54.7 Å². The topological polar surface area (TPSA) is 178 Å². The number of carbonyl (C=O) groups is 1. The second-order valence-corrected chi connectivity index (χ2v) is 9.90. The highest BCUT2D eigenvalue weighted by molar-refractivity contribution is 6.31. The Morgan fingerprint density at radius 1 is 1.07 bits per heavy atom. The first-order valence-corrected chi connectivity index (χ1v) is 13.6. The molecule has 3 aromatic rings. The molecule has 0 bridgehead atoms.